The number of anilines is 2. The van der Waals surface area contributed by atoms with Gasteiger partial charge in [-0.3, -0.25) is 10.1 Å². The van der Waals surface area contributed by atoms with Crippen LogP contribution in [0, 0.1) is 5.41 Å². The lowest BCUT2D eigenvalue weighted by atomic mass is 9.87. The molecule has 5 rings (SSSR count). The number of piperidine rings is 1. The van der Waals surface area contributed by atoms with E-state index in [1.807, 2.05) is 43.7 Å². The molecular formula is C22H23N7O2. The van der Waals surface area contributed by atoms with Crippen LogP contribution in [0.4, 0.5) is 16.2 Å². The van der Waals surface area contributed by atoms with Gasteiger partial charge in [-0.25, -0.2) is 9.78 Å². The fraction of sp³-hybridized carbons (Fsp3) is 0.273. The molecule has 5 N–H and O–H groups in total. The average Bonchev–Trinajstić information content (AvgIpc) is 3.37. The Morgan fingerprint density at radius 2 is 2.03 bits per heavy atom. The predicted molar refractivity (Wildman–Crippen MR) is 120 cm³/mol. The minimum atomic E-state index is -0.820. The van der Waals surface area contributed by atoms with Crippen molar-refractivity contribution in [1.29, 1.82) is 5.41 Å². The SMILES string of the molecule is CNc1ccc(-c2cnc3[nH]ccc3c2N2CCC3(CC2)NC(=O)NC3=O)cc1C=N. The van der Waals surface area contributed by atoms with Crippen molar-refractivity contribution in [3.05, 3.63) is 42.2 Å². The van der Waals surface area contributed by atoms with Crippen LogP contribution in [0.5, 0.6) is 0 Å². The zero-order valence-electron chi connectivity index (χ0n) is 17.1. The number of rotatable bonds is 4. The van der Waals surface area contributed by atoms with E-state index in [0.717, 1.165) is 39.1 Å². The Balaban J connectivity index is 1.56. The molecule has 0 atom stereocenters. The predicted octanol–water partition coefficient (Wildman–Crippen LogP) is 2.45. The van der Waals surface area contributed by atoms with Crippen molar-refractivity contribution in [1.82, 2.24) is 20.6 Å². The summed E-state index contributed by atoms with van der Waals surface area (Å²) in [5.74, 6) is -0.239. The molecule has 0 radical (unpaired) electrons. The van der Waals surface area contributed by atoms with Gasteiger partial charge >= 0.3 is 6.03 Å². The summed E-state index contributed by atoms with van der Waals surface area (Å²) in [6, 6.07) is 7.56. The van der Waals surface area contributed by atoms with Gasteiger partial charge in [-0.15, -0.1) is 0 Å². The lowest BCUT2D eigenvalue weighted by molar-refractivity contribution is -0.124. The molecule has 1 aromatic carbocycles. The summed E-state index contributed by atoms with van der Waals surface area (Å²) in [4.78, 5) is 34.0. The standard InChI is InChI=1S/C22H23N7O2/c1-24-17-3-2-13(10-14(17)11-23)16-12-26-19-15(4-7-25-19)18(16)29-8-5-22(6-9-29)20(30)27-21(31)28-22/h2-4,7,10-12,23-24H,5-6,8-9H2,1H3,(H,25,26)(H2,27,28,30,31). The van der Waals surface area contributed by atoms with Gasteiger partial charge in [0.25, 0.3) is 5.91 Å². The first-order valence-corrected chi connectivity index (χ1v) is 10.2. The van der Waals surface area contributed by atoms with Crippen molar-refractivity contribution < 1.29 is 9.59 Å². The van der Waals surface area contributed by atoms with Crippen molar-refractivity contribution in [3.63, 3.8) is 0 Å². The minimum Gasteiger partial charge on any atom is -0.388 e. The van der Waals surface area contributed by atoms with E-state index in [9.17, 15) is 9.59 Å². The molecule has 158 valence electrons. The maximum Gasteiger partial charge on any atom is 0.322 e. The Hall–Kier alpha value is -3.88. The van der Waals surface area contributed by atoms with Crippen LogP contribution in [0.15, 0.2) is 36.7 Å². The quantitative estimate of drug-likeness (QED) is 0.329. The smallest absolute Gasteiger partial charge is 0.322 e. The van der Waals surface area contributed by atoms with E-state index in [0.29, 0.717) is 25.9 Å². The number of nitrogens with one attached hydrogen (secondary N) is 5. The molecule has 9 nitrogen and oxygen atoms in total. The number of carbonyl (C=O) groups is 2. The van der Waals surface area contributed by atoms with Crippen LogP contribution in [0.2, 0.25) is 0 Å². The van der Waals surface area contributed by atoms with Gasteiger partial charge in [0, 0.05) is 60.9 Å². The number of H-pyrrole nitrogens is 1. The molecule has 9 heteroatoms. The van der Waals surface area contributed by atoms with E-state index in [4.69, 9.17) is 5.41 Å². The first kappa shape index (κ1) is 19.1. The van der Waals surface area contributed by atoms with E-state index in [1.165, 1.54) is 6.21 Å². The van der Waals surface area contributed by atoms with Gasteiger partial charge in [0.2, 0.25) is 0 Å². The number of hydrogen-bond donors (Lipinski definition) is 5. The summed E-state index contributed by atoms with van der Waals surface area (Å²) < 4.78 is 0. The molecule has 0 unspecified atom stereocenters. The van der Waals surface area contributed by atoms with Crippen LogP contribution in [-0.4, -0.2) is 53.8 Å². The summed E-state index contributed by atoms with van der Waals surface area (Å²) >= 11 is 0. The molecule has 3 aromatic rings. The number of carbonyl (C=O) groups excluding carboxylic acids is 2. The molecule has 2 aliphatic rings. The van der Waals surface area contributed by atoms with E-state index in [1.54, 1.807) is 0 Å². The van der Waals surface area contributed by atoms with Gasteiger partial charge in [-0.05, 0) is 36.6 Å². The van der Waals surface area contributed by atoms with Gasteiger partial charge in [0.05, 0.1) is 5.69 Å². The Labute approximate surface area is 178 Å². The first-order chi connectivity index (χ1) is 15.0. The highest BCUT2D eigenvalue weighted by Crippen LogP contribution is 2.39. The van der Waals surface area contributed by atoms with Crippen LogP contribution in [-0.2, 0) is 4.79 Å². The Kier molecular flexibility index (Phi) is 4.39. The fourth-order valence-corrected chi connectivity index (χ4v) is 4.62. The summed E-state index contributed by atoms with van der Waals surface area (Å²) in [5, 5.41) is 17.1. The second-order valence-electron chi connectivity index (χ2n) is 7.93. The molecule has 2 aromatic heterocycles. The maximum absolute atomic E-state index is 12.3. The summed E-state index contributed by atoms with van der Waals surface area (Å²) in [5.41, 5.74) is 4.63. The molecule has 3 amide bonds. The van der Waals surface area contributed by atoms with E-state index >= 15 is 0 Å². The number of hydrogen-bond acceptors (Lipinski definition) is 6. The second-order valence-corrected chi connectivity index (χ2v) is 7.93. The molecule has 2 saturated heterocycles. The zero-order chi connectivity index (χ0) is 21.6. The van der Waals surface area contributed by atoms with Crippen molar-refractivity contribution in [2.75, 3.05) is 30.4 Å². The van der Waals surface area contributed by atoms with Crippen molar-refractivity contribution in [3.8, 4) is 11.1 Å². The van der Waals surface area contributed by atoms with Crippen LogP contribution in [0.1, 0.15) is 18.4 Å². The largest absolute Gasteiger partial charge is 0.388 e. The Morgan fingerprint density at radius 1 is 1.23 bits per heavy atom. The Morgan fingerprint density at radius 3 is 2.71 bits per heavy atom. The van der Waals surface area contributed by atoms with Crippen LogP contribution < -0.4 is 20.9 Å². The number of aromatic nitrogens is 2. The Bertz CT molecular complexity index is 1210. The first-order valence-electron chi connectivity index (χ1n) is 10.2. The summed E-state index contributed by atoms with van der Waals surface area (Å²) in [6.45, 7) is 1.24. The third-order valence-electron chi connectivity index (χ3n) is 6.29. The number of benzene rings is 1. The number of imide groups is 1. The third-order valence-corrected chi connectivity index (χ3v) is 6.29. The van der Waals surface area contributed by atoms with Crippen molar-refractivity contribution in [2.45, 2.75) is 18.4 Å². The normalized spacial score (nSPS) is 17.6. The molecule has 1 spiro atoms. The van der Waals surface area contributed by atoms with Gasteiger partial charge in [-0.1, -0.05) is 6.07 Å². The average molecular weight is 417 g/mol. The number of amides is 3. The maximum atomic E-state index is 12.3. The lowest BCUT2D eigenvalue weighted by Gasteiger charge is -2.39. The number of nitrogens with zero attached hydrogens (tertiary/aromatic N) is 2. The highest BCUT2D eigenvalue weighted by Gasteiger charge is 2.48. The molecule has 2 aliphatic heterocycles. The molecule has 31 heavy (non-hydrogen) atoms. The molecule has 0 bridgehead atoms. The number of fused-ring (bicyclic) bond motifs is 1. The summed E-state index contributed by atoms with van der Waals surface area (Å²) in [7, 11) is 1.84. The molecule has 2 fully saturated rings. The summed E-state index contributed by atoms with van der Waals surface area (Å²) in [6.07, 6.45) is 6.12. The van der Waals surface area contributed by atoms with Gasteiger partial charge < -0.3 is 25.9 Å². The lowest BCUT2D eigenvalue weighted by Crippen LogP contribution is -2.55. The zero-order valence-corrected chi connectivity index (χ0v) is 17.1. The fourth-order valence-electron chi connectivity index (χ4n) is 4.62. The number of urea groups is 1. The minimum absolute atomic E-state index is 0.239. The van der Waals surface area contributed by atoms with Crippen molar-refractivity contribution >= 4 is 40.6 Å². The van der Waals surface area contributed by atoms with E-state index in [2.05, 4.69) is 30.8 Å². The topological polar surface area (TPSA) is 126 Å². The van der Waals surface area contributed by atoms with Gasteiger partial charge in [0.15, 0.2) is 0 Å². The molecular weight excluding hydrogens is 394 g/mol. The number of pyridine rings is 1. The van der Waals surface area contributed by atoms with E-state index in [-0.39, 0.29) is 5.91 Å². The highest BCUT2D eigenvalue weighted by atomic mass is 16.2. The monoisotopic (exact) mass is 417 g/mol. The molecule has 0 saturated carbocycles. The van der Waals surface area contributed by atoms with Gasteiger partial charge in [0.1, 0.15) is 11.2 Å². The second kappa shape index (κ2) is 7.12. The van der Waals surface area contributed by atoms with Gasteiger partial charge in [-0.2, -0.15) is 0 Å². The van der Waals surface area contributed by atoms with Crippen molar-refractivity contribution in [2.24, 2.45) is 0 Å². The molecule has 4 heterocycles. The van der Waals surface area contributed by atoms with Crippen LogP contribution in [0.3, 0.4) is 0 Å². The van der Waals surface area contributed by atoms with Crippen LogP contribution in [0.25, 0.3) is 22.2 Å². The van der Waals surface area contributed by atoms with Crippen LogP contribution >= 0.6 is 0 Å². The number of aromatic amines is 1. The highest BCUT2D eigenvalue weighted by molar-refractivity contribution is 6.07. The van der Waals surface area contributed by atoms with E-state index < -0.39 is 11.6 Å². The molecule has 0 aliphatic carbocycles. The third kappa shape index (κ3) is 3.00.